The molecule has 3 nitrogen and oxygen atoms in total. The molecule has 1 amide bonds. The molecule has 0 saturated heterocycles. The van der Waals surface area contributed by atoms with Crippen molar-refractivity contribution in [3.63, 3.8) is 0 Å². The molecule has 2 rings (SSSR count). The lowest BCUT2D eigenvalue weighted by Crippen LogP contribution is -2.07. The van der Waals surface area contributed by atoms with Crippen LogP contribution in [0.15, 0.2) is 12.1 Å². The lowest BCUT2D eigenvalue weighted by atomic mass is 10.00. The first kappa shape index (κ1) is 11.1. The van der Waals surface area contributed by atoms with Crippen LogP contribution in [0.2, 0.25) is 0 Å². The van der Waals surface area contributed by atoms with E-state index < -0.39 is 11.9 Å². The molecule has 0 fully saturated rings. The molecule has 2 N–H and O–H groups in total. The molecule has 1 atom stereocenters. The van der Waals surface area contributed by atoms with Crippen molar-refractivity contribution in [2.75, 3.05) is 5.32 Å². The van der Waals surface area contributed by atoms with Gasteiger partial charge in [0.1, 0.15) is 5.82 Å². The van der Waals surface area contributed by atoms with E-state index in [1.807, 2.05) is 6.92 Å². The Labute approximate surface area is 93.3 Å². The molecular formula is C12H14FNO2. The highest BCUT2D eigenvalue weighted by atomic mass is 19.1. The van der Waals surface area contributed by atoms with Crippen LogP contribution in [0.3, 0.4) is 0 Å². The van der Waals surface area contributed by atoms with Gasteiger partial charge in [0.05, 0.1) is 18.2 Å². The van der Waals surface area contributed by atoms with E-state index in [0.29, 0.717) is 23.2 Å². The van der Waals surface area contributed by atoms with Crippen molar-refractivity contribution in [3.8, 4) is 0 Å². The average Bonchev–Trinajstić information content (AvgIpc) is 2.57. The zero-order valence-electron chi connectivity index (χ0n) is 9.09. The number of hydrogen-bond donors (Lipinski definition) is 2. The lowest BCUT2D eigenvalue weighted by molar-refractivity contribution is -0.115. The molecule has 0 aromatic heterocycles. The Kier molecular flexibility index (Phi) is 2.92. The summed E-state index contributed by atoms with van der Waals surface area (Å²) < 4.78 is 13.3. The van der Waals surface area contributed by atoms with Crippen molar-refractivity contribution in [1.29, 1.82) is 0 Å². The van der Waals surface area contributed by atoms with Gasteiger partial charge >= 0.3 is 0 Å². The first-order valence-electron chi connectivity index (χ1n) is 5.42. The first-order chi connectivity index (χ1) is 7.61. The van der Waals surface area contributed by atoms with Crippen LogP contribution in [0.25, 0.3) is 0 Å². The Bertz CT molecular complexity index is 431. The number of aliphatic hydroxyl groups excluding tert-OH is 1. The molecule has 1 aliphatic rings. The summed E-state index contributed by atoms with van der Waals surface area (Å²) in [5, 5.41) is 12.5. The van der Waals surface area contributed by atoms with Gasteiger partial charge in [-0.25, -0.2) is 4.39 Å². The quantitative estimate of drug-likeness (QED) is 0.824. The molecule has 1 heterocycles. The summed E-state index contributed by atoms with van der Waals surface area (Å²) in [7, 11) is 0. The van der Waals surface area contributed by atoms with E-state index in [1.54, 1.807) is 0 Å². The highest BCUT2D eigenvalue weighted by Crippen LogP contribution is 2.34. The van der Waals surface area contributed by atoms with E-state index in [4.69, 9.17) is 0 Å². The van der Waals surface area contributed by atoms with Gasteiger partial charge in [0, 0.05) is 5.56 Å². The Morgan fingerprint density at radius 1 is 1.56 bits per heavy atom. The largest absolute Gasteiger partial charge is 0.388 e. The number of rotatable bonds is 3. The summed E-state index contributed by atoms with van der Waals surface area (Å²) in [6.45, 7) is 1.95. The summed E-state index contributed by atoms with van der Waals surface area (Å²) >= 11 is 0. The maximum absolute atomic E-state index is 13.3. The van der Waals surface area contributed by atoms with Gasteiger partial charge in [0.25, 0.3) is 0 Å². The number of halogens is 1. The second kappa shape index (κ2) is 4.22. The SMILES string of the molecule is CCCC(O)c1cc(F)cc2c1NC(=O)C2. The van der Waals surface area contributed by atoms with Crippen LogP contribution in [0.5, 0.6) is 0 Å². The third-order valence-corrected chi connectivity index (χ3v) is 2.75. The molecule has 4 heteroatoms. The van der Waals surface area contributed by atoms with Crippen molar-refractivity contribution in [2.24, 2.45) is 0 Å². The van der Waals surface area contributed by atoms with Crippen molar-refractivity contribution >= 4 is 11.6 Å². The van der Waals surface area contributed by atoms with E-state index in [0.717, 1.165) is 6.42 Å². The fraction of sp³-hybridized carbons (Fsp3) is 0.417. The standard InChI is InChI=1S/C12H14FNO2/c1-2-3-10(15)9-6-8(13)4-7-5-11(16)14-12(7)9/h4,6,10,15H,2-3,5H2,1H3,(H,14,16). The van der Waals surface area contributed by atoms with E-state index >= 15 is 0 Å². The molecule has 0 saturated carbocycles. The third-order valence-electron chi connectivity index (χ3n) is 2.75. The van der Waals surface area contributed by atoms with Gasteiger partial charge in [-0.15, -0.1) is 0 Å². The van der Waals surface area contributed by atoms with Crippen molar-refractivity contribution in [3.05, 3.63) is 29.1 Å². The number of nitrogens with one attached hydrogen (secondary N) is 1. The number of benzene rings is 1. The monoisotopic (exact) mass is 223 g/mol. The maximum atomic E-state index is 13.3. The minimum Gasteiger partial charge on any atom is -0.388 e. The zero-order valence-corrected chi connectivity index (χ0v) is 9.09. The normalized spacial score (nSPS) is 15.8. The van der Waals surface area contributed by atoms with Gasteiger partial charge in [-0.3, -0.25) is 4.79 Å². The van der Waals surface area contributed by atoms with E-state index in [-0.39, 0.29) is 12.3 Å². The van der Waals surface area contributed by atoms with Crippen LogP contribution < -0.4 is 5.32 Å². The highest BCUT2D eigenvalue weighted by Gasteiger charge is 2.24. The second-order valence-corrected chi connectivity index (χ2v) is 4.06. The van der Waals surface area contributed by atoms with E-state index in [1.165, 1.54) is 12.1 Å². The summed E-state index contributed by atoms with van der Waals surface area (Å²) in [5.41, 5.74) is 1.71. The minimum absolute atomic E-state index is 0.148. The first-order valence-corrected chi connectivity index (χ1v) is 5.42. The molecule has 16 heavy (non-hydrogen) atoms. The highest BCUT2D eigenvalue weighted by molar-refractivity contribution is 6.00. The summed E-state index contributed by atoms with van der Waals surface area (Å²) in [6, 6.07) is 2.64. The summed E-state index contributed by atoms with van der Waals surface area (Å²) in [6.07, 6.45) is 0.846. The number of carbonyl (C=O) groups is 1. The van der Waals surface area contributed by atoms with Gasteiger partial charge < -0.3 is 10.4 Å². The van der Waals surface area contributed by atoms with Crippen LogP contribution in [-0.4, -0.2) is 11.0 Å². The molecule has 0 bridgehead atoms. The number of fused-ring (bicyclic) bond motifs is 1. The molecule has 1 unspecified atom stereocenters. The van der Waals surface area contributed by atoms with E-state index in [2.05, 4.69) is 5.32 Å². The Hall–Kier alpha value is -1.42. The maximum Gasteiger partial charge on any atom is 0.228 e. The zero-order chi connectivity index (χ0) is 11.7. The predicted molar refractivity (Wildman–Crippen MR) is 58.6 cm³/mol. The lowest BCUT2D eigenvalue weighted by Gasteiger charge is -2.14. The molecule has 1 aliphatic heterocycles. The molecule has 1 aromatic rings. The van der Waals surface area contributed by atoms with Gasteiger partial charge in [0.2, 0.25) is 5.91 Å². The van der Waals surface area contributed by atoms with Crippen LogP contribution in [0.4, 0.5) is 10.1 Å². The average molecular weight is 223 g/mol. The number of hydrogen-bond acceptors (Lipinski definition) is 2. The van der Waals surface area contributed by atoms with Gasteiger partial charge in [-0.1, -0.05) is 13.3 Å². The van der Waals surface area contributed by atoms with Crippen molar-refractivity contribution in [1.82, 2.24) is 0 Å². The van der Waals surface area contributed by atoms with Crippen LogP contribution in [0.1, 0.15) is 37.0 Å². The summed E-state index contributed by atoms with van der Waals surface area (Å²) in [5.74, 6) is -0.550. The fourth-order valence-corrected chi connectivity index (χ4v) is 2.03. The number of amides is 1. The predicted octanol–water partition coefficient (Wildman–Crippen LogP) is 2.15. The fourth-order valence-electron chi connectivity index (χ4n) is 2.03. The molecular weight excluding hydrogens is 209 g/mol. The molecule has 0 radical (unpaired) electrons. The van der Waals surface area contributed by atoms with Crippen LogP contribution in [0, 0.1) is 5.82 Å². The minimum atomic E-state index is -0.715. The summed E-state index contributed by atoms with van der Waals surface area (Å²) in [4.78, 5) is 11.2. The van der Waals surface area contributed by atoms with E-state index in [9.17, 15) is 14.3 Å². The topological polar surface area (TPSA) is 49.3 Å². The van der Waals surface area contributed by atoms with Crippen LogP contribution in [-0.2, 0) is 11.2 Å². The third kappa shape index (κ3) is 1.93. The second-order valence-electron chi connectivity index (χ2n) is 4.06. The van der Waals surface area contributed by atoms with Gasteiger partial charge in [-0.2, -0.15) is 0 Å². The molecule has 86 valence electrons. The molecule has 0 aliphatic carbocycles. The Balaban J connectivity index is 2.42. The number of anilines is 1. The van der Waals surface area contributed by atoms with Gasteiger partial charge in [-0.05, 0) is 24.1 Å². The number of carbonyl (C=O) groups excluding carboxylic acids is 1. The van der Waals surface area contributed by atoms with Gasteiger partial charge in [0.15, 0.2) is 0 Å². The smallest absolute Gasteiger partial charge is 0.228 e. The molecule has 1 aromatic carbocycles. The Morgan fingerprint density at radius 2 is 2.31 bits per heavy atom. The van der Waals surface area contributed by atoms with Crippen molar-refractivity contribution in [2.45, 2.75) is 32.3 Å². The van der Waals surface area contributed by atoms with Crippen molar-refractivity contribution < 1.29 is 14.3 Å². The number of aliphatic hydroxyl groups is 1. The molecule has 0 spiro atoms. The van der Waals surface area contributed by atoms with Crippen LogP contribution >= 0.6 is 0 Å². The Morgan fingerprint density at radius 3 is 3.00 bits per heavy atom.